The monoisotopic (exact) mass is 216 g/mol. The van der Waals surface area contributed by atoms with Crippen LogP contribution >= 0.6 is 0 Å². The summed E-state index contributed by atoms with van der Waals surface area (Å²) in [6.45, 7) is 4.32. The molecule has 0 heterocycles. The maximum Gasteiger partial charge on any atom is 0.0405 e. The molecule has 0 aliphatic rings. The molecule has 1 aromatic rings. The number of hydrogen-bond donors (Lipinski definition) is 1. The Bertz CT molecular complexity index is 377. The number of nitrogens with two attached hydrogens (primary N) is 1. The van der Waals surface area contributed by atoms with Crippen molar-refractivity contribution < 1.29 is 0 Å². The van der Waals surface area contributed by atoms with Gasteiger partial charge in [0.15, 0.2) is 0 Å². The third kappa shape index (κ3) is 3.23. The first-order chi connectivity index (χ1) is 7.69. The number of rotatable bonds is 4. The third-order valence-electron chi connectivity index (χ3n) is 2.79. The number of nitrogens with zero attached hydrogens (tertiary/aromatic N) is 1. The zero-order valence-corrected chi connectivity index (χ0v) is 10.3. The molecule has 0 amide bonds. The van der Waals surface area contributed by atoms with Crippen LogP contribution in [0.15, 0.2) is 41.4 Å². The summed E-state index contributed by atoms with van der Waals surface area (Å²) in [5, 5.41) is 0. The Balaban J connectivity index is 2.92. The summed E-state index contributed by atoms with van der Waals surface area (Å²) < 4.78 is 0. The van der Waals surface area contributed by atoms with Crippen molar-refractivity contribution in [2.75, 3.05) is 7.05 Å². The summed E-state index contributed by atoms with van der Waals surface area (Å²) in [5.41, 5.74) is 8.93. The van der Waals surface area contributed by atoms with Crippen LogP contribution in [0, 0.1) is 5.92 Å². The van der Waals surface area contributed by atoms with E-state index >= 15 is 0 Å². The second-order valence-corrected chi connectivity index (χ2v) is 3.92. The van der Waals surface area contributed by atoms with Crippen LogP contribution in [0.2, 0.25) is 0 Å². The molecule has 0 bridgehead atoms. The smallest absolute Gasteiger partial charge is 0.0405 e. The maximum absolute atomic E-state index is 6.04. The zero-order valence-electron chi connectivity index (χ0n) is 10.3. The summed E-state index contributed by atoms with van der Waals surface area (Å²) in [7, 11) is 1.82. The van der Waals surface area contributed by atoms with Crippen molar-refractivity contribution in [1.82, 2.24) is 0 Å². The molecular weight excluding hydrogens is 196 g/mol. The molecule has 0 saturated carbocycles. The van der Waals surface area contributed by atoms with Crippen molar-refractivity contribution in [3.63, 3.8) is 0 Å². The molecule has 0 radical (unpaired) electrons. The zero-order chi connectivity index (χ0) is 12.0. The minimum atomic E-state index is 0.451. The molecule has 0 saturated heterocycles. The van der Waals surface area contributed by atoms with Crippen LogP contribution < -0.4 is 5.73 Å². The van der Waals surface area contributed by atoms with E-state index in [9.17, 15) is 0 Å². The van der Waals surface area contributed by atoms with Crippen LogP contribution in [-0.4, -0.2) is 12.8 Å². The SMILES string of the molecule is CCC(C)C(C=C(N)c1ccccc1)=NC. The van der Waals surface area contributed by atoms with E-state index in [1.807, 2.05) is 43.5 Å². The average molecular weight is 216 g/mol. The number of aliphatic imine (C=N–C) groups is 1. The minimum Gasteiger partial charge on any atom is -0.398 e. The molecule has 1 atom stereocenters. The van der Waals surface area contributed by atoms with Gasteiger partial charge >= 0.3 is 0 Å². The summed E-state index contributed by atoms with van der Waals surface area (Å²) in [5.74, 6) is 0.451. The quantitative estimate of drug-likeness (QED) is 0.772. The highest BCUT2D eigenvalue weighted by Crippen LogP contribution is 2.12. The third-order valence-corrected chi connectivity index (χ3v) is 2.79. The molecule has 1 unspecified atom stereocenters. The van der Waals surface area contributed by atoms with Gasteiger partial charge in [0, 0.05) is 18.5 Å². The van der Waals surface area contributed by atoms with Gasteiger partial charge in [0.25, 0.3) is 0 Å². The van der Waals surface area contributed by atoms with Gasteiger partial charge in [-0.1, -0.05) is 44.2 Å². The highest BCUT2D eigenvalue weighted by molar-refractivity contribution is 6.01. The van der Waals surface area contributed by atoms with Crippen LogP contribution in [0.5, 0.6) is 0 Å². The molecule has 2 N–H and O–H groups in total. The molecule has 0 aromatic heterocycles. The van der Waals surface area contributed by atoms with Gasteiger partial charge in [-0.2, -0.15) is 0 Å². The van der Waals surface area contributed by atoms with Gasteiger partial charge < -0.3 is 5.73 Å². The van der Waals surface area contributed by atoms with Gasteiger partial charge in [0.2, 0.25) is 0 Å². The van der Waals surface area contributed by atoms with Crippen LogP contribution in [-0.2, 0) is 0 Å². The van der Waals surface area contributed by atoms with Crippen LogP contribution in [0.1, 0.15) is 25.8 Å². The van der Waals surface area contributed by atoms with Gasteiger partial charge in [-0.3, -0.25) is 4.99 Å². The van der Waals surface area contributed by atoms with Crippen molar-refractivity contribution in [1.29, 1.82) is 0 Å². The predicted octanol–water partition coefficient (Wildman–Crippen LogP) is 3.10. The summed E-state index contributed by atoms with van der Waals surface area (Å²) in [4.78, 5) is 4.28. The Morgan fingerprint density at radius 3 is 2.50 bits per heavy atom. The fraction of sp³-hybridized carbons (Fsp3) is 0.357. The van der Waals surface area contributed by atoms with Crippen molar-refractivity contribution in [2.45, 2.75) is 20.3 Å². The Morgan fingerprint density at radius 2 is 2.00 bits per heavy atom. The highest BCUT2D eigenvalue weighted by atomic mass is 14.7. The van der Waals surface area contributed by atoms with Crippen LogP contribution in [0.3, 0.4) is 0 Å². The molecule has 16 heavy (non-hydrogen) atoms. The van der Waals surface area contributed by atoms with Crippen molar-refractivity contribution in [3.05, 3.63) is 42.0 Å². The van der Waals surface area contributed by atoms with Crippen molar-refractivity contribution in [3.8, 4) is 0 Å². The summed E-state index contributed by atoms with van der Waals surface area (Å²) >= 11 is 0. The number of allylic oxidation sites excluding steroid dienone is 1. The standard InChI is InChI=1S/C14H20N2/c1-4-11(2)14(16-3)10-13(15)12-8-6-5-7-9-12/h5-11H,4,15H2,1-3H3. The molecule has 1 aromatic carbocycles. The Labute approximate surface area is 97.9 Å². The van der Waals surface area contributed by atoms with E-state index in [0.717, 1.165) is 23.4 Å². The lowest BCUT2D eigenvalue weighted by Crippen LogP contribution is -2.10. The lowest BCUT2D eigenvalue weighted by atomic mass is 10.0. The van der Waals surface area contributed by atoms with Gasteiger partial charge in [0.05, 0.1) is 0 Å². The maximum atomic E-state index is 6.04. The molecule has 2 heteroatoms. The first kappa shape index (κ1) is 12.5. The molecular formula is C14H20N2. The molecule has 1 rings (SSSR count). The van der Waals surface area contributed by atoms with Gasteiger partial charge in [-0.25, -0.2) is 0 Å². The Morgan fingerprint density at radius 1 is 1.38 bits per heavy atom. The lowest BCUT2D eigenvalue weighted by Gasteiger charge is -2.09. The average Bonchev–Trinajstić information content (AvgIpc) is 2.35. The highest BCUT2D eigenvalue weighted by Gasteiger charge is 2.06. The van der Waals surface area contributed by atoms with Crippen LogP contribution in [0.25, 0.3) is 5.70 Å². The molecule has 86 valence electrons. The number of hydrogen-bond acceptors (Lipinski definition) is 2. The molecule has 0 spiro atoms. The lowest BCUT2D eigenvalue weighted by molar-refractivity contribution is 0.741. The van der Waals surface area contributed by atoms with E-state index in [-0.39, 0.29) is 0 Å². The van der Waals surface area contributed by atoms with Crippen molar-refractivity contribution in [2.24, 2.45) is 16.6 Å². The van der Waals surface area contributed by atoms with E-state index in [1.165, 1.54) is 0 Å². The van der Waals surface area contributed by atoms with Gasteiger partial charge in [0.1, 0.15) is 0 Å². The molecule has 2 nitrogen and oxygen atoms in total. The van der Waals surface area contributed by atoms with Crippen molar-refractivity contribution >= 4 is 11.4 Å². The second-order valence-electron chi connectivity index (χ2n) is 3.92. The largest absolute Gasteiger partial charge is 0.398 e. The second kappa shape index (κ2) is 6.11. The summed E-state index contributed by atoms with van der Waals surface area (Å²) in [6, 6.07) is 9.98. The van der Waals surface area contributed by atoms with E-state index < -0.39 is 0 Å². The fourth-order valence-corrected chi connectivity index (χ4v) is 1.51. The topological polar surface area (TPSA) is 38.4 Å². The first-order valence-electron chi connectivity index (χ1n) is 5.68. The van der Waals surface area contributed by atoms with E-state index in [0.29, 0.717) is 5.92 Å². The van der Waals surface area contributed by atoms with Gasteiger partial charge in [-0.05, 0) is 24.0 Å². The van der Waals surface area contributed by atoms with E-state index in [1.54, 1.807) is 0 Å². The van der Waals surface area contributed by atoms with E-state index in [4.69, 9.17) is 5.73 Å². The van der Waals surface area contributed by atoms with Gasteiger partial charge in [-0.15, -0.1) is 0 Å². The fourth-order valence-electron chi connectivity index (χ4n) is 1.51. The summed E-state index contributed by atoms with van der Waals surface area (Å²) in [6.07, 6.45) is 3.05. The molecule has 0 aliphatic carbocycles. The molecule has 0 aliphatic heterocycles. The minimum absolute atomic E-state index is 0.451. The first-order valence-corrected chi connectivity index (χ1v) is 5.68. The van der Waals surface area contributed by atoms with Crippen LogP contribution in [0.4, 0.5) is 0 Å². The normalized spacial score (nSPS) is 14.9. The number of benzene rings is 1. The Kier molecular flexibility index (Phi) is 4.77. The predicted molar refractivity (Wildman–Crippen MR) is 71.4 cm³/mol. The van der Waals surface area contributed by atoms with E-state index in [2.05, 4.69) is 18.8 Å². The molecule has 0 fully saturated rings. The Hall–Kier alpha value is -1.57.